The Hall–Kier alpha value is -3.15. The highest BCUT2D eigenvalue weighted by Crippen LogP contribution is 2.32. The minimum Gasteiger partial charge on any atom is -0.493 e. The molecule has 0 fully saturated rings. The number of oxazole rings is 1. The van der Waals surface area contributed by atoms with E-state index in [2.05, 4.69) is 9.97 Å². The van der Waals surface area contributed by atoms with Crippen molar-refractivity contribution in [3.05, 3.63) is 59.7 Å². The molecule has 0 N–H and O–H groups in total. The maximum absolute atomic E-state index is 12.4. The molecule has 0 aliphatic rings. The standard InChI is InChI=1S/C21H22N2O4/c1-4-26-19-12-15(7-10-18(19)25-3)21-23-16(13-27-21)8-9-17(24)20-14(2)6-5-11-22-20/h5-7,10-13H,4,8-9H2,1-3H3. The van der Waals surface area contributed by atoms with Crippen LogP contribution in [0.5, 0.6) is 11.5 Å². The topological polar surface area (TPSA) is 74.5 Å². The number of carbonyl (C=O) groups excluding carboxylic acids is 1. The highest BCUT2D eigenvalue weighted by Gasteiger charge is 2.14. The molecule has 0 aliphatic carbocycles. The number of aromatic nitrogens is 2. The molecule has 0 radical (unpaired) electrons. The van der Waals surface area contributed by atoms with Crippen molar-refractivity contribution in [1.29, 1.82) is 0 Å². The lowest BCUT2D eigenvalue weighted by Crippen LogP contribution is -2.06. The molecule has 0 bridgehead atoms. The van der Waals surface area contributed by atoms with E-state index in [0.29, 0.717) is 42.5 Å². The third-order valence-corrected chi connectivity index (χ3v) is 4.14. The summed E-state index contributed by atoms with van der Waals surface area (Å²) in [5.74, 6) is 1.78. The zero-order valence-corrected chi connectivity index (χ0v) is 15.7. The van der Waals surface area contributed by atoms with Crippen molar-refractivity contribution in [1.82, 2.24) is 9.97 Å². The Morgan fingerprint density at radius 1 is 1.22 bits per heavy atom. The molecular weight excluding hydrogens is 344 g/mol. The van der Waals surface area contributed by atoms with Gasteiger partial charge in [0, 0.05) is 24.6 Å². The lowest BCUT2D eigenvalue weighted by atomic mass is 10.1. The fourth-order valence-electron chi connectivity index (χ4n) is 2.77. The summed E-state index contributed by atoms with van der Waals surface area (Å²) in [4.78, 5) is 21.0. The second-order valence-electron chi connectivity index (χ2n) is 6.03. The summed E-state index contributed by atoms with van der Waals surface area (Å²) in [6, 6.07) is 9.22. The summed E-state index contributed by atoms with van der Waals surface area (Å²) < 4.78 is 16.5. The molecule has 0 amide bonds. The first-order valence-corrected chi connectivity index (χ1v) is 8.82. The van der Waals surface area contributed by atoms with Gasteiger partial charge >= 0.3 is 0 Å². The van der Waals surface area contributed by atoms with Crippen molar-refractivity contribution in [2.45, 2.75) is 26.7 Å². The number of methoxy groups -OCH3 is 1. The van der Waals surface area contributed by atoms with Gasteiger partial charge in [0.05, 0.1) is 19.4 Å². The maximum Gasteiger partial charge on any atom is 0.226 e. The number of benzene rings is 1. The Morgan fingerprint density at radius 3 is 2.81 bits per heavy atom. The monoisotopic (exact) mass is 366 g/mol. The van der Waals surface area contributed by atoms with Crippen LogP contribution in [0.25, 0.3) is 11.5 Å². The van der Waals surface area contributed by atoms with E-state index in [9.17, 15) is 4.79 Å². The summed E-state index contributed by atoms with van der Waals surface area (Å²) >= 11 is 0. The molecule has 140 valence electrons. The first kappa shape index (κ1) is 18.6. The van der Waals surface area contributed by atoms with Crippen LogP contribution in [0.15, 0.2) is 47.2 Å². The fourth-order valence-corrected chi connectivity index (χ4v) is 2.77. The van der Waals surface area contributed by atoms with E-state index in [1.807, 2.05) is 44.2 Å². The number of carbonyl (C=O) groups is 1. The van der Waals surface area contributed by atoms with Crippen LogP contribution in [-0.2, 0) is 6.42 Å². The van der Waals surface area contributed by atoms with Crippen LogP contribution in [0.3, 0.4) is 0 Å². The molecule has 0 saturated heterocycles. The molecule has 2 heterocycles. The molecule has 0 spiro atoms. The van der Waals surface area contributed by atoms with Crippen molar-refractivity contribution in [2.75, 3.05) is 13.7 Å². The average molecular weight is 366 g/mol. The highest BCUT2D eigenvalue weighted by molar-refractivity contribution is 5.95. The van der Waals surface area contributed by atoms with Crippen molar-refractivity contribution in [3.63, 3.8) is 0 Å². The molecule has 2 aromatic heterocycles. The van der Waals surface area contributed by atoms with E-state index in [-0.39, 0.29) is 5.78 Å². The van der Waals surface area contributed by atoms with Gasteiger partial charge in [0.1, 0.15) is 12.0 Å². The molecule has 1 aromatic carbocycles. The maximum atomic E-state index is 12.4. The third-order valence-electron chi connectivity index (χ3n) is 4.14. The zero-order chi connectivity index (χ0) is 19.2. The second kappa shape index (κ2) is 8.49. The first-order chi connectivity index (χ1) is 13.1. The summed E-state index contributed by atoms with van der Waals surface area (Å²) in [6.45, 7) is 4.33. The molecule has 6 nitrogen and oxygen atoms in total. The van der Waals surface area contributed by atoms with Gasteiger partial charge in [-0.15, -0.1) is 0 Å². The van der Waals surface area contributed by atoms with E-state index in [1.165, 1.54) is 0 Å². The summed E-state index contributed by atoms with van der Waals surface area (Å²) in [7, 11) is 1.60. The molecule has 0 saturated carbocycles. The number of ketones is 1. The Bertz CT molecular complexity index is 933. The number of ether oxygens (including phenoxy) is 2. The van der Waals surface area contributed by atoms with Crippen molar-refractivity contribution >= 4 is 5.78 Å². The van der Waals surface area contributed by atoms with Crippen LogP contribution >= 0.6 is 0 Å². The molecular formula is C21H22N2O4. The molecule has 0 aliphatic heterocycles. The van der Waals surface area contributed by atoms with E-state index in [4.69, 9.17) is 13.9 Å². The Kier molecular flexibility index (Phi) is 5.86. The van der Waals surface area contributed by atoms with Crippen molar-refractivity contribution in [2.24, 2.45) is 0 Å². The largest absolute Gasteiger partial charge is 0.493 e. The first-order valence-electron chi connectivity index (χ1n) is 8.82. The SMILES string of the molecule is CCOc1cc(-c2nc(CCC(=O)c3ncccc3C)co2)ccc1OC. The Balaban J connectivity index is 1.71. The van der Waals surface area contributed by atoms with Crippen molar-refractivity contribution in [3.8, 4) is 23.0 Å². The number of aryl methyl sites for hydroxylation is 2. The van der Waals surface area contributed by atoms with Gasteiger partial charge in [-0.05, 0) is 43.7 Å². The van der Waals surface area contributed by atoms with Gasteiger partial charge in [-0.2, -0.15) is 0 Å². The highest BCUT2D eigenvalue weighted by atomic mass is 16.5. The zero-order valence-electron chi connectivity index (χ0n) is 15.7. The van der Waals surface area contributed by atoms with E-state index in [1.54, 1.807) is 19.6 Å². The summed E-state index contributed by atoms with van der Waals surface area (Å²) in [5.41, 5.74) is 2.90. The predicted molar refractivity (Wildman–Crippen MR) is 101 cm³/mol. The minimum atomic E-state index is 0.000675. The quantitative estimate of drug-likeness (QED) is 0.554. The molecule has 0 unspecified atom stereocenters. The Morgan fingerprint density at radius 2 is 2.07 bits per heavy atom. The number of hydrogen-bond donors (Lipinski definition) is 0. The summed E-state index contributed by atoms with van der Waals surface area (Å²) in [5, 5.41) is 0. The van der Waals surface area contributed by atoms with Gasteiger partial charge < -0.3 is 13.9 Å². The predicted octanol–water partition coefficient (Wildman–Crippen LogP) is 4.27. The Labute approximate surface area is 158 Å². The molecule has 27 heavy (non-hydrogen) atoms. The van der Waals surface area contributed by atoms with Gasteiger partial charge in [0.15, 0.2) is 17.3 Å². The number of nitrogens with zero attached hydrogens (tertiary/aromatic N) is 2. The minimum absolute atomic E-state index is 0.000675. The van der Waals surface area contributed by atoms with Crippen LogP contribution in [0.1, 0.15) is 35.1 Å². The molecule has 6 heteroatoms. The normalized spacial score (nSPS) is 10.6. The summed E-state index contributed by atoms with van der Waals surface area (Å²) in [6.07, 6.45) is 4.04. The lowest BCUT2D eigenvalue weighted by molar-refractivity contribution is 0.0977. The van der Waals surface area contributed by atoms with Crippen LogP contribution in [0, 0.1) is 6.92 Å². The number of pyridine rings is 1. The van der Waals surface area contributed by atoms with Crippen LogP contribution in [-0.4, -0.2) is 29.5 Å². The number of Topliss-reactive ketones (excluding diaryl/α,β-unsaturated/α-hetero) is 1. The van der Waals surface area contributed by atoms with Crippen LogP contribution in [0.2, 0.25) is 0 Å². The van der Waals surface area contributed by atoms with Gasteiger partial charge in [-0.25, -0.2) is 4.98 Å². The van der Waals surface area contributed by atoms with Gasteiger partial charge in [-0.3, -0.25) is 9.78 Å². The smallest absolute Gasteiger partial charge is 0.226 e. The lowest BCUT2D eigenvalue weighted by Gasteiger charge is -2.09. The van der Waals surface area contributed by atoms with Gasteiger partial charge in [-0.1, -0.05) is 6.07 Å². The van der Waals surface area contributed by atoms with Gasteiger partial charge in [0.25, 0.3) is 0 Å². The molecule has 3 rings (SSSR count). The van der Waals surface area contributed by atoms with E-state index >= 15 is 0 Å². The number of rotatable bonds is 8. The van der Waals surface area contributed by atoms with E-state index < -0.39 is 0 Å². The molecule has 0 atom stereocenters. The fraction of sp³-hybridized carbons (Fsp3) is 0.286. The third kappa shape index (κ3) is 4.34. The van der Waals surface area contributed by atoms with Crippen LogP contribution in [0.4, 0.5) is 0 Å². The van der Waals surface area contributed by atoms with Crippen LogP contribution < -0.4 is 9.47 Å². The number of hydrogen-bond acceptors (Lipinski definition) is 6. The average Bonchev–Trinajstić information content (AvgIpc) is 3.16. The molecule has 3 aromatic rings. The van der Waals surface area contributed by atoms with Gasteiger partial charge in [0.2, 0.25) is 5.89 Å². The van der Waals surface area contributed by atoms with E-state index in [0.717, 1.165) is 16.8 Å². The van der Waals surface area contributed by atoms with Crippen molar-refractivity contribution < 1.29 is 18.7 Å². The second-order valence-corrected chi connectivity index (χ2v) is 6.03.